The summed E-state index contributed by atoms with van der Waals surface area (Å²) in [5, 5.41) is 4.06. The summed E-state index contributed by atoms with van der Waals surface area (Å²) in [5.74, 6) is -0.377. The maximum absolute atomic E-state index is 12.9. The minimum atomic E-state index is -3.52. The first-order valence-corrected chi connectivity index (χ1v) is 9.91. The van der Waals surface area contributed by atoms with Gasteiger partial charge < -0.3 is 10.2 Å². The molecule has 5 nitrogen and oxygen atoms in total. The lowest BCUT2D eigenvalue weighted by molar-refractivity contribution is -0.134. The van der Waals surface area contributed by atoms with Crippen molar-refractivity contribution in [3.8, 4) is 0 Å². The SMILES string of the molecule is CN(Cc1cc(Cl)cc(Cl)c1)C(=O)C1(S(C)(=O)=O)CCNCC1.Cl. The largest absolute Gasteiger partial charge is 0.340 e. The number of hydrogen-bond donors (Lipinski definition) is 1. The standard InChI is InChI=1S/C15H20Cl2N2O3S.ClH/c1-19(10-11-7-12(16)9-13(17)8-11)14(20)15(23(2,21)22)3-5-18-6-4-15;/h7-9,18H,3-6,10H2,1-2H3;1H. The third-order valence-corrected chi connectivity index (χ3v) is 6.64. The van der Waals surface area contributed by atoms with Crippen LogP contribution in [-0.2, 0) is 21.2 Å². The van der Waals surface area contributed by atoms with Gasteiger partial charge in [-0.25, -0.2) is 8.42 Å². The minimum Gasteiger partial charge on any atom is -0.340 e. The normalized spacial score (nSPS) is 17.0. The van der Waals surface area contributed by atoms with E-state index in [9.17, 15) is 13.2 Å². The van der Waals surface area contributed by atoms with Crippen LogP contribution in [0.2, 0.25) is 10.0 Å². The molecule has 0 spiro atoms. The quantitative estimate of drug-likeness (QED) is 0.820. The Morgan fingerprint density at radius 2 is 1.71 bits per heavy atom. The summed E-state index contributed by atoms with van der Waals surface area (Å²) in [6, 6.07) is 5.04. The van der Waals surface area contributed by atoms with E-state index in [0.29, 0.717) is 23.1 Å². The van der Waals surface area contributed by atoms with Crippen molar-refractivity contribution in [3.63, 3.8) is 0 Å². The number of rotatable bonds is 4. The first kappa shape index (κ1) is 21.5. The first-order chi connectivity index (χ1) is 10.7. The molecule has 1 amide bonds. The molecule has 1 aromatic rings. The highest BCUT2D eigenvalue weighted by molar-refractivity contribution is 7.92. The van der Waals surface area contributed by atoms with Crippen molar-refractivity contribution in [1.82, 2.24) is 10.2 Å². The summed E-state index contributed by atoms with van der Waals surface area (Å²) in [4.78, 5) is 14.3. The van der Waals surface area contributed by atoms with E-state index in [4.69, 9.17) is 23.2 Å². The van der Waals surface area contributed by atoms with Gasteiger partial charge in [0.15, 0.2) is 14.6 Å². The van der Waals surface area contributed by atoms with Gasteiger partial charge >= 0.3 is 0 Å². The molecule has 2 rings (SSSR count). The van der Waals surface area contributed by atoms with Gasteiger partial charge in [0.05, 0.1) is 0 Å². The second-order valence-electron chi connectivity index (χ2n) is 5.96. The summed E-state index contributed by atoms with van der Waals surface area (Å²) >= 11 is 11.9. The molecule has 0 aliphatic carbocycles. The predicted molar refractivity (Wildman–Crippen MR) is 99.9 cm³/mol. The highest BCUT2D eigenvalue weighted by Crippen LogP contribution is 2.30. The number of carbonyl (C=O) groups excluding carboxylic acids is 1. The molecule has 0 unspecified atom stereocenters. The lowest BCUT2D eigenvalue weighted by Crippen LogP contribution is -2.57. The highest BCUT2D eigenvalue weighted by atomic mass is 35.5. The average Bonchev–Trinajstić information content (AvgIpc) is 2.44. The second kappa shape index (κ2) is 8.23. The number of nitrogens with one attached hydrogen (secondary N) is 1. The Balaban J connectivity index is 0.00000288. The molecule has 1 aromatic carbocycles. The maximum Gasteiger partial charge on any atom is 0.244 e. The van der Waals surface area contributed by atoms with Crippen molar-refractivity contribution >= 4 is 51.4 Å². The van der Waals surface area contributed by atoms with E-state index >= 15 is 0 Å². The highest BCUT2D eigenvalue weighted by Gasteiger charge is 2.49. The summed E-state index contributed by atoms with van der Waals surface area (Å²) < 4.78 is 23.2. The van der Waals surface area contributed by atoms with Crippen LogP contribution in [0.5, 0.6) is 0 Å². The molecule has 1 aliphatic rings. The smallest absolute Gasteiger partial charge is 0.244 e. The van der Waals surface area contributed by atoms with Crippen LogP contribution in [0.4, 0.5) is 0 Å². The number of carbonyl (C=O) groups is 1. The molecule has 0 radical (unpaired) electrons. The van der Waals surface area contributed by atoms with Crippen LogP contribution in [0.25, 0.3) is 0 Å². The van der Waals surface area contributed by atoms with Crippen LogP contribution in [-0.4, -0.2) is 50.4 Å². The van der Waals surface area contributed by atoms with Gasteiger partial charge in [0, 0.05) is 29.9 Å². The number of sulfone groups is 1. The van der Waals surface area contributed by atoms with Gasteiger partial charge in [-0.3, -0.25) is 4.79 Å². The summed E-state index contributed by atoms with van der Waals surface area (Å²) in [6.07, 6.45) is 1.71. The third-order valence-electron chi connectivity index (χ3n) is 4.20. The molecule has 0 saturated carbocycles. The molecule has 0 bridgehead atoms. The average molecular weight is 416 g/mol. The van der Waals surface area contributed by atoms with Gasteiger partial charge in [0.1, 0.15) is 0 Å². The van der Waals surface area contributed by atoms with Crippen LogP contribution >= 0.6 is 35.6 Å². The van der Waals surface area contributed by atoms with Crippen molar-refractivity contribution in [3.05, 3.63) is 33.8 Å². The monoisotopic (exact) mass is 414 g/mol. The van der Waals surface area contributed by atoms with Gasteiger partial charge in [-0.15, -0.1) is 12.4 Å². The van der Waals surface area contributed by atoms with Gasteiger partial charge in [-0.05, 0) is 49.7 Å². The Hall–Kier alpha value is -0.530. The molecule has 1 N–H and O–H groups in total. The molecule has 0 atom stereocenters. The lowest BCUT2D eigenvalue weighted by atomic mass is 9.95. The van der Waals surface area contributed by atoms with E-state index in [1.165, 1.54) is 4.90 Å². The molecule has 1 saturated heterocycles. The summed E-state index contributed by atoms with van der Waals surface area (Å²) in [5.41, 5.74) is 0.760. The van der Waals surface area contributed by atoms with E-state index in [-0.39, 0.29) is 37.7 Å². The van der Waals surface area contributed by atoms with Crippen LogP contribution in [0.15, 0.2) is 18.2 Å². The fourth-order valence-corrected chi connectivity index (χ4v) is 4.96. The van der Waals surface area contributed by atoms with E-state index in [2.05, 4.69) is 5.32 Å². The number of piperidine rings is 1. The Labute approximate surface area is 159 Å². The van der Waals surface area contributed by atoms with Gasteiger partial charge in [-0.1, -0.05) is 23.2 Å². The van der Waals surface area contributed by atoms with E-state index in [1.807, 2.05) is 0 Å². The zero-order valence-corrected chi connectivity index (χ0v) is 16.7. The molecule has 1 fully saturated rings. The number of nitrogens with zero attached hydrogens (tertiary/aromatic N) is 1. The molecule has 9 heteroatoms. The van der Waals surface area contributed by atoms with Crippen molar-refractivity contribution in [2.24, 2.45) is 0 Å². The topological polar surface area (TPSA) is 66.5 Å². The Morgan fingerprint density at radius 1 is 1.21 bits per heavy atom. The molecule has 0 aromatic heterocycles. The third kappa shape index (κ3) is 4.55. The summed E-state index contributed by atoms with van der Waals surface area (Å²) in [7, 11) is -1.92. The fourth-order valence-electron chi connectivity index (χ4n) is 2.97. The molecule has 1 heterocycles. The van der Waals surface area contributed by atoms with E-state index in [0.717, 1.165) is 11.8 Å². The molecular weight excluding hydrogens is 395 g/mol. The van der Waals surface area contributed by atoms with Crippen LogP contribution in [0.1, 0.15) is 18.4 Å². The van der Waals surface area contributed by atoms with Crippen LogP contribution < -0.4 is 5.32 Å². The molecule has 1 aliphatic heterocycles. The summed E-state index contributed by atoms with van der Waals surface area (Å²) in [6.45, 7) is 1.27. The number of hydrogen-bond acceptors (Lipinski definition) is 4. The fraction of sp³-hybridized carbons (Fsp3) is 0.533. The second-order valence-corrected chi connectivity index (χ2v) is 9.15. The van der Waals surface area contributed by atoms with Gasteiger partial charge in [0.2, 0.25) is 5.91 Å². The minimum absolute atomic E-state index is 0. The van der Waals surface area contributed by atoms with Crippen molar-refractivity contribution in [1.29, 1.82) is 0 Å². The molecular formula is C15H21Cl3N2O3S. The number of halogens is 3. The predicted octanol–water partition coefficient (Wildman–Crippen LogP) is 2.54. The molecule has 24 heavy (non-hydrogen) atoms. The zero-order chi connectivity index (χ0) is 17.3. The number of amides is 1. The van der Waals surface area contributed by atoms with Crippen molar-refractivity contribution < 1.29 is 13.2 Å². The van der Waals surface area contributed by atoms with Crippen molar-refractivity contribution in [2.75, 3.05) is 26.4 Å². The Bertz CT molecular complexity index is 684. The van der Waals surface area contributed by atoms with Crippen LogP contribution in [0, 0.1) is 0 Å². The molecule has 136 valence electrons. The van der Waals surface area contributed by atoms with E-state index in [1.54, 1.807) is 25.2 Å². The van der Waals surface area contributed by atoms with E-state index < -0.39 is 14.6 Å². The van der Waals surface area contributed by atoms with Crippen LogP contribution in [0.3, 0.4) is 0 Å². The Kier molecular flexibility index (Phi) is 7.38. The zero-order valence-electron chi connectivity index (χ0n) is 13.5. The first-order valence-electron chi connectivity index (χ1n) is 7.26. The number of benzene rings is 1. The lowest BCUT2D eigenvalue weighted by Gasteiger charge is -2.37. The van der Waals surface area contributed by atoms with Gasteiger partial charge in [0.25, 0.3) is 0 Å². The maximum atomic E-state index is 12.9. The van der Waals surface area contributed by atoms with Crippen molar-refractivity contribution in [2.45, 2.75) is 24.1 Å². The van der Waals surface area contributed by atoms with Gasteiger partial charge in [-0.2, -0.15) is 0 Å². The Morgan fingerprint density at radius 3 is 2.17 bits per heavy atom.